The van der Waals surface area contributed by atoms with E-state index in [1.165, 1.54) is 0 Å². The van der Waals surface area contributed by atoms with Crippen molar-refractivity contribution < 1.29 is 4.21 Å². The fourth-order valence-corrected chi connectivity index (χ4v) is 1.91. The zero-order valence-electron chi connectivity index (χ0n) is 9.06. The molecule has 0 aliphatic carbocycles. The molecular weight excluding hydrogens is 210 g/mol. The van der Waals surface area contributed by atoms with Gasteiger partial charge in [-0.1, -0.05) is 0 Å². The van der Waals surface area contributed by atoms with E-state index in [0.29, 0.717) is 11.6 Å². The van der Waals surface area contributed by atoms with Gasteiger partial charge in [-0.3, -0.25) is 4.21 Å². The van der Waals surface area contributed by atoms with Gasteiger partial charge in [0.05, 0.1) is 5.69 Å². The van der Waals surface area contributed by atoms with E-state index >= 15 is 0 Å². The zero-order chi connectivity index (χ0) is 11.3. The van der Waals surface area contributed by atoms with Crippen molar-refractivity contribution in [3.8, 4) is 0 Å². The van der Waals surface area contributed by atoms with E-state index < -0.39 is 10.8 Å². The molecule has 0 aromatic carbocycles. The Morgan fingerprint density at radius 3 is 3.00 bits per heavy atom. The second-order valence-corrected chi connectivity index (χ2v) is 5.10. The molecule has 84 valence electrons. The van der Waals surface area contributed by atoms with Crippen LogP contribution in [0.1, 0.15) is 13.3 Å². The lowest BCUT2D eigenvalue weighted by atomic mass is 10.2. The Hall–Kier alpha value is -1.10. The van der Waals surface area contributed by atoms with E-state index in [-0.39, 0.29) is 6.04 Å². The molecule has 1 rings (SSSR count). The van der Waals surface area contributed by atoms with Gasteiger partial charge in [-0.2, -0.15) is 0 Å². The molecule has 0 saturated carbocycles. The highest BCUT2D eigenvalue weighted by Crippen LogP contribution is 2.15. The number of anilines is 2. The fraction of sp³-hybridized carbons (Fsp3) is 0.500. The van der Waals surface area contributed by atoms with Gasteiger partial charge < -0.3 is 11.1 Å². The molecule has 0 fully saturated rings. The van der Waals surface area contributed by atoms with Crippen molar-refractivity contribution in [2.24, 2.45) is 0 Å². The molecule has 0 amide bonds. The standard InChI is InChI=1S/C10H17N3OS/c1-8(5-7-15(2)14)13-9-4-3-6-12-10(9)11/h3-4,6,8,13H,5,7H2,1-2H3,(H2,11,12). The molecule has 0 saturated heterocycles. The Labute approximate surface area is 92.7 Å². The summed E-state index contributed by atoms with van der Waals surface area (Å²) in [6.07, 6.45) is 4.23. The van der Waals surface area contributed by atoms with Gasteiger partial charge in [-0.25, -0.2) is 4.98 Å². The van der Waals surface area contributed by atoms with Gasteiger partial charge in [0.1, 0.15) is 5.82 Å². The van der Waals surface area contributed by atoms with E-state index in [1.54, 1.807) is 12.5 Å². The highest BCUT2D eigenvalue weighted by molar-refractivity contribution is 7.84. The summed E-state index contributed by atoms with van der Waals surface area (Å²) >= 11 is 0. The van der Waals surface area contributed by atoms with E-state index in [9.17, 15) is 4.21 Å². The monoisotopic (exact) mass is 227 g/mol. The summed E-state index contributed by atoms with van der Waals surface area (Å²) in [4.78, 5) is 3.98. The quantitative estimate of drug-likeness (QED) is 0.794. The molecule has 0 spiro atoms. The molecule has 4 nitrogen and oxygen atoms in total. The van der Waals surface area contributed by atoms with Gasteiger partial charge in [-0.05, 0) is 25.5 Å². The van der Waals surface area contributed by atoms with Gasteiger partial charge in [-0.15, -0.1) is 0 Å². The van der Waals surface area contributed by atoms with E-state index in [4.69, 9.17) is 5.73 Å². The molecule has 0 bridgehead atoms. The lowest BCUT2D eigenvalue weighted by Crippen LogP contribution is -2.18. The molecule has 5 heteroatoms. The second-order valence-electron chi connectivity index (χ2n) is 3.55. The van der Waals surface area contributed by atoms with Gasteiger partial charge >= 0.3 is 0 Å². The first kappa shape index (κ1) is 12.0. The number of pyridine rings is 1. The summed E-state index contributed by atoms with van der Waals surface area (Å²) in [5.74, 6) is 1.20. The van der Waals surface area contributed by atoms with Crippen LogP contribution in [0.4, 0.5) is 11.5 Å². The minimum Gasteiger partial charge on any atom is -0.382 e. The Morgan fingerprint density at radius 2 is 2.40 bits per heavy atom. The number of hydrogen-bond acceptors (Lipinski definition) is 4. The molecule has 1 aromatic heterocycles. The summed E-state index contributed by atoms with van der Waals surface area (Å²) < 4.78 is 10.9. The topological polar surface area (TPSA) is 68.0 Å². The second kappa shape index (κ2) is 5.70. The number of rotatable bonds is 5. The third-order valence-electron chi connectivity index (χ3n) is 2.08. The van der Waals surface area contributed by atoms with Crippen molar-refractivity contribution in [1.29, 1.82) is 0 Å². The highest BCUT2D eigenvalue weighted by Gasteiger charge is 2.05. The Bertz CT molecular complexity index is 343. The number of hydrogen-bond donors (Lipinski definition) is 2. The van der Waals surface area contributed by atoms with Gasteiger partial charge in [0.2, 0.25) is 0 Å². The van der Waals surface area contributed by atoms with Crippen LogP contribution in [0.25, 0.3) is 0 Å². The summed E-state index contributed by atoms with van der Waals surface area (Å²) in [5.41, 5.74) is 6.53. The first-order valence-corrected chi connectivity index (χ1v) is 6.59. The average Bonchev–Trinajstić information content (AvgIpc) is 2.18. The predicted molar refractivity (Wildman–Crippen MR) is 65.3 cm³/mol. The van der Waals surface area contributed by atoms with Gasteiger partial charge in [0.25, 0.3) is 0 Å². The van der Waals surface area contributed by atoms with Crippen molar-refractivity contribution >= 4 is 22.3 Å². The third kappa shape index (κ3) is 4.29. The number of nitrogens with one attached hydrogen (secondary N) is 1. The fourth-order valence-electron chi connectivity index (χ4n) is 1.22. The lowest BCUT2D eigenvalue weighted by Gasteiger charge is -2.15. The van der Waals surface area contributed by atoms with E-state index in [0.717, 1.165) is 12.1 Å². The molecule has 1 heterocycles. The van der Waals surface area contributed by atoms with Crippen LogP contribution in [0.3, 0.4) is 0 Å². The van der Waals surface area contributed by atoms with E-state index in [2.05, 4.69) is 10.3 Å². The first-order valence-electron chi connectivity index (χ1n) is 4.86. The first-order chi connectivity index (χ1) is 7.09. The number of nitrogens with two attached hydrogens (primary N) is 1. The number of aromatic nitrogens is 1. The van der Waals surface area contributed by atoms with Crippen LogP contribution in [-0.4, -0.2) is 27.2 Å². The van der Waals surface area contributed by atoms with Crippen molar-refractivity contribution in [3.05, 3.63) is 18.3 Å². The molecule has 3 N–H and O–H groups in total. The molecule has 15 heavy (non-hydrogen) atoms. The van der Waals surface area contributed by atoms with Crippen LogP contribution in [0.15, 0.2) is 18.3 Å². The summed E-state index contributed by atoms with van der Waals surface area (Å²) in [7, 11) is -0.736. The molecule has 0 aliphatic rings. The average molecular weight is 227 g/mol. The summed E-state index contributed by atoms with van der Waals surface area (Å²) in [5, 5.41) is 3.24. The number of nitrogen functional groups attached to an aromatic ring is 1. The van der Waals surface area contributed by atoms with Gasteiger partial charge in [0.15, 0.2) is 0 Å². The smallest absolute Gasteiger partial charge is 0.146 e. The molecule has 2 unspecified atom stereocenters. The van der Waals surface area contributed by atoms with Crippen LogP contribution in [-0.2, 0) is 10.8 Å². The number of nitrogens with zero attached hydrogens (tertiary/aromatic N) is 1. The molecule has 0 radical (unpaired) electrons. The van der Waals surface area contributed by atoms with Crippen LogP contribution in [0.2, 0.25) is 0 Å². The predicted octanol–water partition coefficient (Wildman–Crippen LogP) is 1.23. The van der Waals surface area contributed by atoms with Crippen LogP contribution < -0.4 is 11.1 Å². The molecular formula is C10H17N3OS. The van der Waals surface area contributed by atoms with E-state index in [1.807, 2.05) is 19.1 Å². The largest absolute Gasteiger partial charge is 0.382 e. The van der Waals surface area contributed by atoms with Gasteiger partial charge in [0, 0.05) is 35.0 Å². The summed E-state index contributed by atoms with van der Waals surface area (Å²) in [6.45, 7) is 2.04. The molecule has 1 aromatic rings. The highest BCUT2D eigenvalue weighted by atomic mass is 32.2. The lowest BCUT2D eigenvalue weighted by molar-refractivity contribution is 0.678. The Kier molecular flexibility index (Phi) is 4.55. The SMILES string of the molecule is CC(CCS(C)=O)Nc1cccnc1N. The van der Waals surface area contributed by atoms with Crippen molar-refractivity contribution in [2.45, 2.75) is 19.4 Å². The maximum atomic E-state index is 10.9. The molecule has 0 aliphatic heterocycles. The minimum absolute atomic E-state index is 0.250. The van der Waals surface area contributed by atoms with Crippen LogP contribution in [0, 0.1) is 0 Å². The maximum Gasteiger partial charge on any atom is 0.146 e. The van der Waals surface area contributed by atoms with Crippen molar-refractivity contribution in [3.63, 3.8) is 0 Å². The van der Waals surface area contributed by atoms with Crippen molar-refractivity contribution in [2.75, 3.05) is 23.1 Å². The normalized spacial score (nSPS) is 14.5. The maximum absolute atomic E-state index is 10.9. The zero-order valence-corrected chi connectivity index (χ0v) is 9.88. The minimum atomic E-state index is -0.736. The Balaban J connectivity index is 2.47. The van der Waals surface area contributed by atoms with Crippen LogP contribution >= 0.6 is 0 Å². The van der Waals surface area contributed by atoms with Crippen molar-refractivity contribution in [1.82, 2.24) is 4.98 Å². The Morgan fingerprint density at radius 1 is 1.67 bits per heavy atom. The third-order valence-corrected chi connectivity index (χ3v) is 2.89. The summed E-state index contributed by atoms with van der Waals surface area (Å²) in [6, 6.07) is 3.98. The molecule has 2 atom stereocenters. The van der Waals surface area contributed by atoms with Crippen LogP contribution in [0.5, 0.6) is 0 Å².